The third-order valence-corrected chi connectivity index (χ3v) is 14.8. The number of hydrogen-bond acceptors (Lipinski definition) is 9. The summed E-state index contributed by atoms with van der Waals surface area (Å²) in [5.74, 6) is -2.49. The van der Waals surface area contributed by atoms with Crippen LogP contribution in [0, 0.1) is 17.6 Å². The molecule has 1 saturated carbocycles. The highest BCUT2D eigenvalue weighted by molar-refractivity contribution is 6.34. The number of methoxy groups -OCH3 is 1. The molecule has 0 unspecified atom stereocenters. The first-order chi connectivity index (χ1) is 32.3. The van der Waals surface area contributed by atoms with Crippen molar-refractivity contribution in [3.63, 3.8) is 0 Å². The largest absolute Gasteiger partial charge is 0.494 e. The van der Waals surface area contributed by atoms with E-state index in [-0.39, 0.29) is 63.4 Å². The van der Waals surface area contributed by atoms with Crippen LogP contribution in [-0.2, 0) is 22.2 Å². The SMILES string of the molecule is COc1ccc(C(N)=O)c(-c2c(Cl)c(F)cc3c2[C@H](C)[C@@](CNC2CCC(C(=O)NCCN4CCC(c5ccc6c(N7CCC(=O)NC7=O)nn(C)c6c5)CC4)CC2)(c2ccccc2)O3)c1F. The van der Waals surface area contributed by atoms with E-state index in [9.17, 15) is 19.2 Å². The van der Waals surface area contributed by atoms with Crippen LogP contribution < -0.4 is 36.1 Å². The van der Waals surface area contributed by atoms with Crippen molar-refractivity contribution in [1.82, 2.24) is 30.6 Å². The van der Waals surface area contributed by atoms with Crippen LogP contribution in [0.25, 0.3) is 22.0 Å². The van der Waals surface area contributed by atoms with Crippen molar-refractivity contribution in [2.75, 3.05) is 51.3 Å². The Labute approximate surface area is 392 Å². The first-order valence-corrected chi connectivity index (χ1v) is 23.4. The molecule has 4 heterocycles. The van der Waals surface area contributed by atoms with Crippen molar-refractivity contribution >= 4 is 52.1 Å². The molecule has 4 aliphatic rings. The molecule has 352 valence electrons. The number of ether oxygens (including phenoxy) is 2. The van der Waals surface area contributed by atoms with Crippen LogP contribution in [0.3, 0.4) is 0 Å². The number of nitrogens with one attached hydrogen (secondary N) is 3. The standard InChI is InChI=1S/C50H55ClF2N8O6/c1-28-41-39(26-36(52)44(51)43(41)42-35(46(54)63)15-16-38(66-3)45(42)53)67-50(28,32-7-5-4-6-8-32)27-56-33-12-9-30(10-13-33)48(64)55-20-24-60-21-17-29(18-22-60)31-11-14-34-37(25-31)59(2)58-47(34)61-23-19-40(62)57-49(61)65/h4-8,11,14-16,25-26,28-30,33,56H,9-10,12-13,17-24,27H2,1-3H3,(H2,54,63)(H,55,64)(H,57,62,65)/t28-,30?,33?,50-/m0/s1. The third kappa shape index (κ3) is 8.70. The molecule has 3 fully saturated rings. The Morgan fingerprint density at radius 2 is 1.73 bits per heavy atom. The minimum absolute atomic E-state index is 0.00879. The smallest absolute Gasteiger partial charge is 0.329 e. The van der Waals surface area contributed by atoms with Crippen LogP contribution in [0.2, 0.25) is 5.02 Å². The van der Waals surface area contributed by atoms with Gasteiger partial charge < -0.3 is 30.7 Å². The van der Waals surface area contributed by atoms with Crippen molar-refractivity contribution in [3.05, 3.63) is 106 Å². The number of nitrogens with zero attached hydrogens (tertiary/aromatic N) is 4. The maximum Gasteiger partial charge on any atom is 0.329 e. The van der Waals surface area contributed by atoms with Crippen LogP contribution in [-0.4, -0.2) is 90.9 Å². The number of nitrogens with two attached hydrogens (primary N) is 1. The van der Waals surface area contributed by atoms with Crippen molar-refractivity contribution in [2.24, 2.45) is 18.7 Å². The van der Waals surface area contributed by atoms with E-state index in [0.29, 0.717) is 49.8 Å². The number of aryl methyl sites for hydroxylation is 1. The molecule has 5 amide bonds. The fourth-order valence-electron chi connectivity index (χ4n) is 10.7. The van der Waals surface area contributed by atoms with Crippen LogP contribution in [0.1, 0.15) is 90.8 Å². The Balaban J connectivity index is 0.791. The Kier molecular flexibility index (Phi) is 13.0. The fourth-order valence-corrected chi connectivity index (χ4v) is 10.9. The predicted molar refractivity (Wildman–Crippen MR) is 250 cm³/mol. The number of carbonyl (C=O) groups is 4. The minimum Gasteiger partial charge on any atom is -0.494 e. The van der Waals surface area contributed by atoms with E-state index in [2.05, 4.69) is 38.1 Å². The molecule has 5 aromatic rings. The van der Waals surface area contributed by atoms with Gasteiger partial charge in [0, 0.05) is 85.7 Å². The molecule has 67 heavy (non-hydrogen) atoms. The van der Waals surface area contributed by atoms with Gasteiger partial charge in [-0.2, -0.15) is 5.10 Å². The molecule has 0 spiro atoms. The summed E-state index contributed by atoms with van der Waals surface area (Å²) in [6.45, 7) is 5.72. The normalized spacial score (nSPS) is 22.4. The second-order valence-electron chi connectivity index (χ2n) is 18.2. The Bertz CT molecular complexity index is 2740. The van der Waals surface area contributed by atoms with Gasteiger partial charge in [-0.1, -0.05) is 54.9 Å². The molecule has 2 saturated heterocycles. The summed E-state index contributed by atoms with van der Waals surface area (Å²) in [6.07, 6.45) is 5.18. The Morgan fingerprint density at radius 1 is 0.985 bits per heavy atom. The number of imide groups is 1. The highest BCUT2D eigenvalue weighted by Gasteiger charge is 2.50. The average Bonchev–Trinajstić information content (AvgIpc) is 3.81. The zero-order chi connectivity index (χ0) is 47.1. The molecular weight excluding hydrogens is 882 g/mol. The first kappa shape index (κ1) is 46.0. The van der Waals surface area contributed by atoms with E-state index in [1.165, 1.54) is 35.8 Å². The highest BCUT2D eigenvalue weighted by Crippen LogP contribution is 2.56. The second kappa shape index (κ2) is 18.9. The maximum absolute atomic E-state index is 16.2. The Hall–Kier alpha value is -6.10. The van der Waals surface area contributed by atoms with Gasteiger partial charge in [0.1, 0.15) is 11.6 Å². The van der Waals surface area contributed by atoms with E-state index in [0.717, 1.165) is 61.8 Å². The molecule has 9 rings (SSSR count). The monoisotopic (exact) mass is 936 g/mol. The number of urea groups is 1. The molecule has 5 N–H and O–H groups in total. The van der Waals surface area contributed by atoms with Gasteiger partial charge >= 0.3 is 6.03 Å². The summed E-state index contributed by atoms with van der Waals surface area (Å²) >= 11 is 6.68. The lowest BCUT2D eigenvalue weighted by atomic mass is 9.77. The van der Waals surface area contributed by atoms with E-state index in [1.807, 2.05) is 50.4 Å². The number of benzene rings is 4. The minimum atomic E-state index is -1.07. The molecule has 17 heteroatoms. The zero-order valence-electron chi connectivity index (χ0n) is 37.8. The molecule has 2 atom stereocenters. The lowest BCUT2D eigenvalue weighted by molar-refractivity contribution is -0.126. The van der Waals surface area contributed by atoms with E-state index < -0.39 is 35.1 Å². The number of halogens is 3. The van der Waals surface area contributed by atoms with Gasteiger partial charge in [-0.05, 0) is 92.9 Å². The third-order valence-electron chi connectivity index (χ3n) is 14.5. The summed E-state index contributed by atoms with van der Waals surface area (Å²) in [6, 6.07) is 19.4. The zero-order valence-corrected chi connectivity index (χ0v) is 38.6. The number of aromatic nitrogens is 2. The van der Waals surface area contributed by atoms with Gasteiger partial charge in [0.05, 0.1) is 23.2 Å². The number of primary amides is 1. The van der Waals surface area contributed by atoms with Gasteiger partial charge in [0.2, 0.25) is 17.7 Å². The number of hydrogen-bond donors (Lipinski definition) is 4. The summed E-state index contributed by atoms with van der Waals surface area (Å²) in [5, 5.41) is 14.4. The molecule has 0 radical (unpaired) electrons. The quantitative estimate of drug-likeness (QED) is 0.0948. The molecule has 3 aliphatic heterocycles. The van der Waals surface area contributed by atoms with E-state index in [1.54, 1.807) is 4.68 Å². The van der Waals surface area contributed by atoms with Gasteiger partial charge in [-0.15, -0.1) is 0 Å². The van der Waals surface area contributed by atoms with Crippen molar-refractivity contribution in [3.8, 4) is 22.6 Å². The number of carbonyl (C=O) groups excluding carboxylic acids is 4. The number of rotatable bonds is 13. The van der Waals surface area contributed by atoms with Crippen molar-refractivity contribution in [1.29, 1.82) is 0 Å². The van der Waals surface area contributed by atoms with Gasteiger partial charge in [-0.3, -0.25) is 29.3 Å². The highest BCUT2D eigenvalue weighted by atomic mass is 35.5. The Morgan fingerprint density at radius 3 is 2.43 bits per heavy atom. The summed E-state index contributed by atoms with van der Waals surface area (Å²) in [4.78, 5) is 54.2. The molecular formula is C50H55ClF2N8O6. The maximum atomic E-state index is 16.2. The lowest BCUT2D eigenvalue weighted by Gasteiger charge is -2.37. The summed E-state index contributed by atoms with van der Waals surface area (Å²) in [5.41, 5.74) is 7.67. The van der Waals surface area contributed by atoms with Crippen molar-refractivity contribution < 1.29 is 37.4 Å². The number of anilines is 1. The molecule has 1 aromatic heterocycles. The lowest BCUT2D eigenvalue weighted by Crippen LogP contribution is -2.49. The number of amides is 5. The van der Waals surface area contributed by atoms with Crippen LogP contribution >= 0.6 is 11.6 Å². The average molecular weight is 937 g/mol. The fraction of sp³-hybridized carbons (Fsp3) is 0.420. The molecule has 4 aromatic carbocycles. The second-order valence-corrected chi connectivity index (χ2v) is 18.6. The van der Waals surface area contributed by atoms with Gasteiger partial charge in [-0.25, -0.2) is 13.6 Å². The van der Waals surface area contributed by atoms with Crippen molar-refractivity contribution in [2.45, 2.75) is 75.3 Å². The number of likely N-dealkylation sites (tertiary alicyclic amines) is 1. The van der Waals surface area contributed by atoms with Crippen LogP contribution in [0.4, 0.5) is 19.4 Å². The number of piperidine rings is 1. The molecule has 1 aliphatic carbocycles. The number of fused-ring (bicyclic) bond motifs is 2. The van der Waals surface area contributed by atoms with Crippen LogP contribution in [0.5, 0.6) is 11.5 Å². The summed E-state index contributed by atoms with van der Waals surface area (Å²) < 4.78 is 45.7. The van der Waals surface area contributed by atoms with E-state index in [4.69, 9.17) is 26.8 Å². The topological polar surface area (TPSA) is 173 Å². The van der Waals surface area contributed by atoms with Crippen LogP contribution in [0.15, 0.2) is 66.7 Å². The summed E-state index contributed by atoms with van der Waals surface area (Å²) in [7, 11) is 3.17. The predicted octanol–water partition coefficient (Wildman–Crippen LogP) is 7.26. The first-order valence-electron chi connectivity index (χ1n) is 23.0. The molecule has 0 bridgehead atoms. The van der Waals surface area contributed by atoms with Gasteiger partial charge in [0.25, 0.3) is 0 Å². The molecule has 14 nitrogen and oxygen atoms in total. The van der Waals surface area contributed by atoms with Gasteiger partial charge in [0.15, 0.2) is 23.0 Å². The van der Waals surface area contributed by atoms with E-state index >= 15 is 8.78 Å².